The van der Waals surface area contributed by atoms with Gasteiger partial charge in [0.15, 0.2) is 11.5 Å². The number of methoxy groups -OCH3 is 2. The molecule has 2 aromatic carbocycles. The zero-order valence-electron chi connectivity index (χ0n) is 14.1. The summed E-state index contributed by atoms with van der Waals surface area (Å²) < 4.78 is 10.4. The number of hydrogen-bond acceptors (Lipinski definition) is 4. The molecule has 0 saturated carbocycles. The van der Waals surface area contributed by atoms with Gasteiger partial charge < -0.3 is 19.5 Å². The number of carbonyl (C=O) groups is 2. The Kier molecular flexibility index (Phi) is 4.61. The first-order chi connectivity index (χ1) is 12.0. The van der Waals surface area contributed by atoms with Gasteiger partial charge in [-0.25, -0.2) is 0 Å². The maximum absolute atomic E-state index is 12.5. The lowest BCUT2D eigenvalue weighted by molar-refractivity contribution is -0.139. The Bertz CT molecular complexity index is 817. The van der Waals surface area contributed by atoms with Gasteiger partial charge in [0.2, 0.25) is 0 Å². The number of fused-ring (bicyclic) bond motifs is 1. The minimum atomic E-state index is -0.990. The Morgan fingerprint density at radius 2 is 1.88 bits per heavy atom. The van der Waals surface area contributed by atoms with Gasteiger partial charge in [-0.3, -0.25) is 9.59 Å². The molecule has 0 radical (unpaired) electrons. The zero-order chi connectivity index (χ0) is 18.0. The summed E-state index contributed by atoms with van der Waals surface area (Å²) in [5, 5.41) is 9.67. The Hall–Kier alpha value is -3.02. The molecule has 1 unspecified atom stereocenters. The lowest BCUT2D eigenvalue weighted by Gasteiger charge is -2.22. The molecule has 1 atom stereocenters. The molecule has 3 rings (SSSR count). The van der Waals surface area contributed by atoms with Crippen LogP contribution >= 0.6 is 0 Å². The number of carboxylic acid groups (broad SMARTS) is 1. The van der Waals surface area contributed by atoms with Gasteiger partial charge in [-0.2, -0.15) is 0 Å². The molecule has 1 aliphatic rings. The standard InChI is InChI=1S/C19H19NO5/c1-24-16-8-7-12(9-17(16)25-2)15(19(22)23)11-20-10-13-5-3-4-6-14(13)18(20)21/h3-9,15H,10-11H2,1-2H3,(H,22,23). The predicted molar refractivity (Wildman–Crippen MR) is 91.1 cm³/mol. The SMILES string of the molecule is COc1ccc(C(CN2Cc3ccccc3C2=O)C(=O)O)cc1OC. The molecule has 0 spiro atoms. The van der Waals surface area contributed by atoms with Crippen LogP contribution in [0, 0.1) is 0 Å². The van der Waals surface area contributed by atoms with Crippen LogP contribution in [-0.2, 0) is 11.3 Å². The summed E-state index contributed by atoms with van der Waals surface area (Å²) in [5.74, 6) is -0.987. The number of nitrogens with zero attached hydrogens (tertiary/aromatic N) is 1. The van der Waals surface area contributed by atoms with Crippen molar-refractivity contribution in [3.63, 3.8) is 0 Å². The van der Waals surface area contributed by atoms with Gasteiger partial charge in [0.05, 0.1) is 20.1 Å². The molecule has 1 N–H and O–H groups in total. The normalized spacial score (nSPS) is 14.2. The van der Waals surface area contributed by atoms with Crippen LogP contribution in [0.5, 0.6) is 11.5 Å². The van der Waals surface area contributed by atoms with Crippen molar-refractivity contribution < 1.29 is 24.2 Å². The van der Waals surface area contributed by atoms with E-state index in [4.69, 9.17) is 9.47 Å². The fraction of sp³-hybridized carbons (Fsp3) is 0.263. The third kappa shape index (κ3) is 3.15. The summed E-state index contributed by atoms with van der Waals surface area (Å²) in [6, 6.07) is 12.3. The van der Waals surface area contributed by atoms with E-state index in [0.717, 1.165) is 5.56 Å². The first-order valence-electron chi connectivity index (χ1n) is 7.87. The molecule has 2 aromatic rings. The number of carboxylic acids is 1. The highest BCUT2D eigenvalue weighted by molar-refractivity contribution is 5.98. The lowest BCUT2D eigenvalue weighted by atomic mass is 9.98. The fourth-order valence-electron chi connectivity index (χ4n) is 3.08. The number of amides is 1. The molecule has 1 heterocycles. The first kappa shape index (κ1) is 16.8. The van der Waals surface area contributed by atoms with Crippen LogP contribution in [0.15, 0.2) is 42.5 Å². The quantitative estimate of drug-likeness (QED) is 0.874. The van der Waals surface area contributed by atoms with E-state index in [9.17, 15) is 14.7 Å². The van der Waals surface area contributed by atoms with E-state index in [2.05, 4.69) is 0 Å². The van der Waals surface area contributed by atoms with Crippen LogP contribution in [0.25, 0.3) is 0 Å². The van der Waals surface area contributed by atoms with Crippen molar-refractivity contribution >= 4 is 11.9 Å². The third-order valence-corrected chi connectivity index (χ3v) is 4.41. The van der Waals surface area contributed by atoms with Crippen LogP contribution in [-0.4, -0.2) is 42.6 Å². The molecular weight excluding hydrogens is 322 g/mol. The highest BCUT2D eigenvalue weighted by Gasteiger charge is 2.32. The van der Waals surface area contributed by atoms with Crippen LogP contribution in [0.3, 0.4) is 0 Å². The van der Waals surface area contributed by atoms with Crippen molar-refractivity contribution in [3.8, 4) is 11.5 Å². The third-order valence-electron chi connectivity index (χ3n) is 4.41. The summed E-state index contributed by atoms with van der Waals surface area (Å²) in [4.78, 5) is 25.9. The van der Waals surface area contributed by atoms with E-state index >= 15 is 0 Å². The second-order valence-electron chi connectivity index (χ2n) is 5.85. The molecule has 0 aromatic heterocycles. The first-order valence-corrected chi connectivity index (χ1v) is 7.87. The number of benzene rings is 2. The van der Waals surface area contributed by atoms with Crippen LogP contribution in [0.1, 0.15) is 27.4 Å². The van der Waals surface area contributed by atoms with Crippen molar-refractivity contribution in [3.05, 3.63) is 59.2 Å². The van der Waals surface area contributed by atoms with Crippen molar-refractivity contribution in [1.29, 1.82) is 0 Å². The molecule has 1 amide bonds. The van der Waals surface area contributed by atoms with Gasteiger partial charge in [-0.05, 0) is 29.3 Å². The summed E-state index contributed by atoms with van der Waals surface area (Å²) in [6.45, 7) is 0.518. The second-order valence-corrected chi connectivity index (χ2v) is 5.85. The van der Waals surface area contributed by atoms with E-state index in [1.54, 1.807) is 29.2 Å². The monoisotopic (exact) mass is 341 g/mol. The van der Waals surface area contributed by atoms with E-state index < -0.39 is 11.9 Å². The molecule has 130 valence electrons. The van der Waals surface area contributed by atoms with Crippen LogP contribution < -0.4 is 9.47 Å². The zero-order valence-corrected chi connectivity index (χ0v) is 14.1. The molecule has 0 fully saturated rings. The van der Waals surface area contributed by atoms with E-state index in [-0.39, 0.29) is 12.5 Å². The van der Waals surface area contributed by atoms with E-state index in [1.165, 1.54) is 14.2 Å². The maximum Gasteiger partial charge on any atom is 0.312 e. The average Bonchev–Trinajstić information content (AvgIpc) is 2.95. The maximum atomic E-state index is 12.5. The Balaban J connectivity index is 1.86. The van der Waals surface area contributed by atoms with E-state index in [0.29, 0.717) is 29.2 Å². The lowest BCUT2D eigenvalue weighted by Crippen LogP contribution is -2.32. The van der Waals surface area contributed by atoms with Crippen molar-refractivity contribution in [1.82, 2.24) is 4.90 Å². The smallest absolute Gasteiger partial charge is 0.312 e. The molecule has 1 aliphatic heterocycles. The van der Waals surface area contributed by atoms with Gasteiger partial charge >= 0.3 is 5.97 Å². The summed E-state index contributed by atoms with van der Waals surface area (Å²) in [7, 11) is 3.02. The molecule has 25 heavy (non-hydrogen) atoms. The van der Waals surface area contributed by atoms with Gasteiger partial charge in [0.25, 0.3) is 5.91 Å². The Morgan fingerprint density at radius 3 is 2.52 bits per heavy atom. The van der Waals surface area contributed by atoms with Crippen LogP contribution in [0.4, 0.5) is 0 Å². The molecule has 0 bridgehead atoms. The highest BCUT2D eigenvalue weighted by Crippen LogP contribution is 2.32. The molecule has 6 nitrogen and oxygen atoms in total. The minimum Gasteiger partial charge on any atom is -0.493 e. The van der Waals surface area contributed by atoms with Crippen molar-refractivity contribution in [2.75, 3.05) is 20.8 Å². The molecule has 6 heteroatoms. The molecule has 0 saturated heterocycles. The van der Waals surface area contributed by atoms with E-state index in [1.807, 2.05) is 18.2 Å². The number of carbonyl (C=O) groups excluding carboxylic acids is 1. The summed E-state index contributed by atoms with van der Waals surface area (Å²) >= 11 is 0. The van der Waals surface area contributed by atoms with Gasteiger partial charge in [0.1, 0.15) is 0 Å². The summed E-state index contributed by atoms with van der Waals surface area (Å²) in [5.41, 5.74) is 2.12. The van der Waals surface area contributed by atoms with Crippen molar-refractivity contribution in [2.24, 2.45) is 0 Å². The number of aliphatic carboxylic acids is 1. The topological polar surface area (TPSA) is 76.1 Å². The Morgan fingerprint density at radius 1 is 1.16 bits per heavy atom. The molecular formula is C19H19NO5. The van der Waals surface area contributed by atoms with Gasteiger partial charge in [-0.15, -0.1) is 0 Å². The fourth-order valence-corrected chi connectivity index (χ4v) is 3.08. The van der Waals surface area contributed by atoms with Gasteiger partial charge in [0, 0.05) is 18.7 Å². The number of rotatable bonds is 6. The number of ether oxygens (including phenoxy) is 2. The molecule has 0 aliphatic carbocycles. The van der Waals surface area contributed by atoms with Gasteiger partial charge in [-0.1, -0.05) is 24.3 Å². The predicted octanol–water partition coefficient (Wildman–Crippen LogP) is 2.53. The summed E-state index contributed by atoms with van der Waals surface area (Å²) in [6.07, 6.45) is 0. The van der Waals surface area contributed by atoms with Crippen molar-refractivity contribution in [2.45, 2.75) is 12.5 Å². The minimum absolute atomic E-state index is 0.0956. The Labute approximate surface area is 145 Å². The highest BCUT2D eigenvalue weighted by atomic mass is 16.5. The largest absolute Gasteiger partial charge is 0.493 e. The average molecular weight is 341 g/mol. The number of hydrogen-bond donors (Lipinski definition) is 1. The second kappa shape index (κ2) is 6.84. The van der Waals surface area contributed by atoms with Crippen LogP contribution in [0.2, 0.25) is 0 Å².